The number of carbonyl (C=O) groups excluding carboxylic acids is 5. The van der Waals surface area contributed by atoms with Crippen LogP contribution in [0.5, 0.6) is 0 Å². The fraction of sp³-hybridized carbons (Fsp3) is 0.627. The van der Waals surface area contributed by atoms with Crippen LogP contribution in [-0.2, 0) is 87.8 Å². The molecule has 0 atom stereocenters. The molecule has 3 aromatic carbocycles. The van der Waals surface area contributed by atoms with Crippen molar-refractivity contribution >= 4 is 157 Å². The molecule has 0 unspecified atom stereocenters. The minimum atomic E-state index is -3.38. The first-order valence-electron chi connectivity index (χ1n) is 40.1. The van der Waals surface area contributed by atoms with Crippen molar-refractivity contribution < 1.29 is 125 Å². The largest absolute Gasteiger partial charge is 1.00 e. The number of nitrogens with zero attached hydrogens (tertiary/aromatic N) is 11. The van der Waals surface area contributed by atoms with Gasteiger partial charge in [0.15, 0.2) is 19.9 Å². The summed E-state index contributed by atoms with van der Waals surface area (Å²) in [5, 5.41) is 33.4. The smallest absolute Gasteiger partial charge is 0.481 e. The Balaban J connectivity index is 0.000000480. The maximum absolute atomic E-state index is 11.7. The number of esters is 4. The van der Waals surface area contributed by atoms with Gasteiger partial charge in [-0.25, -0.2) is 24.7 Å². The van der Waals surface area contributed by atoms with E-state index in [4.69, 9.17) is 89.3 Å². The summed E-state index contributed by atoms with van der Waals surface area (Å²) in [5.41, 5.74) is 33.2. The topological polar surface area (TPSA) is 492 Å². The molecule has 6 aliphatic carbocycles. The van der Waals surface area contributed by atoms with Crippen LogP contribution in [0.15, 0.2) is 90.3 Å². The van der Waals surface area contributed by atoms with Crippen molar-refractivity contribution in [1.29, 1.82) is 0 Å². The summed E-state index contributed by atoms with van der Waals surface area (Å²) in [4.78, 5) is 93.1. The first-order valence-corrected chi connectivity index (χ1v) is 45.1. The molecule has 1 amide bonds. The molecule has 7 aromatic rings. The number of aliphatic hydroxyl groups excluding tert-OH is 1. The molecule has 4 heterocycles. The van der Waals surface area contributed by atoms with Gasteiger partial charge in [-0.05, 0) is 260 Å². The number of azide groups is 1. The first-order chi connectivity index (χ1) is 56.1. The number of rotatable bonds is 18. The predicted octanol–water partition coefficient (Wildman–Crippen LogP) is 15.9. The van der Waals surface area contributed by atoms with Gasteiger partial charge in [-0.1, -0.05) is 87.4 Å². The summed E-state index contributed by atoms with van der Waals surface area (Å²) in [6.07, 6.45) is 15.0. The molecule has 124 heavy (non-hydrogen) atoms. The normalized spacial score (nSPS) is 21.2. The van der Waals surface area contributed by atoms with Crippen molar-refractivity contribution in [3.8, 4) is 0 Å². The SMILES string of the molecule is CC(C)(C(=O)O)c1nccnc1Cl.CC(C)(C)OC(=O)CC1CC(N)C1.CC(C)(C)OC(=O)CC1CC(N=[N+]=[N-])C1.CC(C)(C)OC(=O)CC1CC(O)C1.CC(C)(C)OC(=O)CC1CC(OS(C)(=O)=O)C1.CC(C)(C)OC(=O)NC1CC(Nc2nc3ccccc3s2)C1.Cl.Clc1nc2ccccc2s1.NC1CC(Nc2nc3ccccc3s2)C1.[N-]=[N+]=[N-].[Na+].[Pd]. The van der Waals surface area contributed by atoms with E-state index in [1.807, 2.05) is 165 Å². The van der Waals surface area contributed by atoms with Crippen molar-refractivity contribution in [2.75, 3.05) is 16.9 Å². The van der Waals surface area contributed by atoms with E-state index >= 15 is 0 Å². The number of nitrogens with two attached hydrogens (primary N) is 2. The van der Waals surface area contributed by atoms with E-state index in [9.17, 15) is 37.2 Å². The van der Waals surface area contributed by atoms with Crippen LogP contribution in [-0.4, -0.2) is 162 Å². The number of ether oxygens (including phenoxy) is 5. The van der Waals surface area contributed by atoms with Gasteiger partial charge >= 0.3 is 65.5 Å². The van der Waals surface area contributed by atoms with Gasteiger partial charge in [0.2, 0.25) is 0 Å². The molecule has 32 nitrogen and oxygen atoms in total. The number of amides is 1. The summed E-state index contributed by atoms with van der Waals surface area (Å²) < 4.78 is 56.7. The van der Waals surface area contributed by atoms with E-state index in [-0.39, 0.29) is 145 Å². The number of para-hydroxylation sites is 3. The number of aromatic nitrogens is 5. The molecule has 0 bridgehead atoms. The third kappa shape index (κ3) is 45.5. The number of thiazole rings is 3. The minimum absolute atomic E-state index is 0. The van der Waals surface area contributed by atoms with Crippen molar-refractivity contribution in [1.82, 2.24) is 30.2 Å². The molecule has 0 saturated heterocycles. The molecule has 6 aliphatic rings. The van der Waals surface area contributed by atoms with Crippen molar-refractivity contribution in [2.24, 2.45) is 40.3 Å². The van der Waals surface area contributed by atoms with Crippen LogP contribution >= 0.6 is 69.6 Å². The van der Waals surface area contributed by atoms with Gasteiger partial charge in [0.1, 0.15) is 33.4 Å². The third-order valence-corrected chi connectivity index (χ3v) is 22.2. The summed E-state index contributed by atoms with van der Waals surface area (Å²) >= 11 is 16.3. The van der Waals surface area contributed by atoms with E-state index < -0.39 is 38.3 Å². The number of benzene rings is 3. The number of hydrogen-bond donors (Lipinski definition) is 7. The van der Waals surface area contributed by atoms with Crippen LogP contribution in [0.25, 0.3) is 57.1 Å². The molecular formula is C83H122Cl3N16NaO16PdS4. The van der Waals surface area contributed by atoms with Gasteiger partial charge in [-0.2, -0.15) is 8.42 Å². The van der Waals surface area contributed by atoms with Gasteiger partial charge < -0.3 is 72.4 Å². The van der Waals surface area contributed by atoms with Crippen molar-refractivity contribution in [3.63, 3.8) is 0 Å². The average Bonchev–Trinajstić information content (AvgIpc) is 1.49. The van der Waals surface area contributed by atoms with Crippen LogP contribution in [0.1, 0.15) is 226 Å². The predicted molar refractivity (Wildman–Crippen MR) is 483 cm³/mol. The number of carbonyl (C=O) groups is 6. The molecule has 686 valence electrons. The second-order valence-electron chi connectivity index (χ2n) is 36.1. The number of nitrogens with one attached hydrogen (secondary N) is 3. The fourth-order valence-electron chi connectivity index (χ4n) is 12.5. The van der Waals surface area contributed by atoms with Crippen LogP contribution in [0.2, 0.25) is 9.62 Å². The zero-order valence-electron chi connectivity index (χ0n) is 74.1. The fourth-order valence-corrected chi connectivity index (χ4v) is 16.4. The Hall–Kier alpha value is -6.43. The number of alkyl carbamates (subject to hydrolysis) is 1. The molecule has 41 heteroatoms. The monoisotopic (exact) mass is 1960 g/mol. The van der Waals surface area contributed by atoms with Crippen molar-refractivity contribution in [2.45, 2.75) is 302 Å². The summed E-state index contributed by atoms with van der Waals surface area (Å²) in [6.45, 7) is 30.9. The number of aliphatic carboxylic acids is 1. The van der Waals surface area contributed by atoms with Gasteiger partial charge in [0.05, 0.1) is 54.8 Å². The number of aliphatic hydroxyl groups is 1. The number of fused-ring (bicyclic) bond motifs is 3. The average molecular weight is 1960 g/mol. The van der Waals surface area contributed by atoms with E-state index in [2.05, 4.69) is 63.0 Å². The maximum atomic E-state index is 11.7. The second-order valence-corrected chi connectivity index (χ2v) is 41.7. The molecular weight excluding hydrogens is 1840 g/mol. The number of hydrogen-bond acceptors (Lipinski definition) is 28. The molecule has 6 fully saturated rings. The Bertz CT molecular complexity index is 4560. The number of carboxylic acids is 1. The molecule has 4 aromatic heterocycles. The molecule has 9 N–H and O–H groups in total. The van der Waals surface area contributed by atoms with E-state index in [0.717, 1.165) is 102 Å². The second kappa shape index (κ2) is 52.3. The van der Waals surface area contributed by atoms with Gasteiger partial charge in [0.25, 0.3) is 10.1 Å². The van der Waals surface area contributed by atoms with Crippen molar-refractivity contribution in [3.05, 3.63) is 127 Å². The summed E-state index contributed by atoms with van der Waals surface area (Å²) in [5.74, 6) is -0.308. The summed E-state index contributed by atoms with van der Waals surface area (Å²) in [7, 11) is -3.38. The van der Waals surface area contributed by atoms with Gasteiger partial charge in [-0.3, -0.25) is 38.1 Å². The molecule has 6 saturated carbocycles. The molecule has 0 radical (unpaired) electrons. The maximum Gasteiger partial charge on any atom is 1.00 e. The quantitative estimate of drug-likeness (QED) is 0.00798. The Kier molecular flexibility index (Phi) is 47.9. The zero-order chi connectivity index (χ0) is 90.6. The van der Waals surface area contributed by atoms with Crippen LogP contribution < -0.4 is 57.0 Å². The Labute approximate surface area is 791 Å². The van der Waals surface area contributed by atoms with Crippen LogP contribution in [0.4, 0.5) is 15.1 Å². The first kappa shape index (κ1) is 114. The van der Waals surface area contributed by atoms with E-state index in [1.165, 1.54) is 51.9 Å². The summed E-state index contributed by atoms with van der Waals surface area (Å²) in [6, 6.07) is 26.1. The molecule has 0 spiro atoms. The number of carboxylic acid groups (broad SMARTS) is 1. The van der Waals surface area contributed by atoms with Gasteiger partial charge in [0, 0.05) is 99.7 Å². The Morgan fingerprint density at radius 1 is 0.524 bits per heavy atom. The van der Waals surface area contributed by atoms with E-state index in [0.29, 0.717) is 84.9 Å². The third-order valence-electron chi connectivity index (χ3n) is 18.2. The Morgan fingerprint density at radius 3 is 1.21 bits per heavy atom. The number of halogens is 3. The molecule has 13 rings (SSSR count). The van der Waals surface area contributed by atoms with E-state index in [1.54, 1.807) is 22.7 Å². The standard InChI is InChI=1S/C16H21N3O2S.C11H13N3S.C11H20O5S.C10H17N3O2.C10H19NO2.C10H18O3.C8H9ClN2O2.C7H4ClNS.ClH.N3.Na.Pd/c1-16(2,3)21-15(20)18-11-8-10(9-11)17-14-19-12-6-4-5-7-13(12)22-14;12-7-5-8(6-7)13-11-14-9-3-1-2-4-10(9)15-11;1-11(2,3)15-10(12)7-8-5-9(6-8)16-17(4,13)14;1-10(2,3)15-9(14)6-7-4-8(5-7)12-13-11;2*1-10(2,3)13-9(12)6-7-4-8(11)5-7;1-8(2,7(12)13)5-6(9)11-4-3-10-5;8-7-9-5-3-1-2-4-6(5)10-7;;1-3-2;;/h4-7,10-11H,8-9H2,1-3H3,(H,17,19)(H,18,20);1-4,7-8H,5-6,12H2,(H,13,14);8-9H,5-7H2,1-4H3;7-8H,4-6H2,1-3H3;7-8H,4-6,11H2,1-3H3;7-8,11H,4-6H2,1-3H3;3-4H,1-2H3,(H,12,13);1-4H;1H;;;/q;;;;;;;;;-1;+1;. The van der Waals surface area contributed by atoms with Crippen LogP contribution in [0, 0.1) is 23.7 Å². The minimum Gasteiger partial charge on any atom is -0.481 e. The molecule has 0 aliphatic heterocycles. The van der Waals surface area contributed by atoms with Gasteiger partial charge in [-0.15, -0.1) is 23.7 Å². The Morgan fingerprint density at radius 2 is 0.871 bits per heavy atom. The van der Waals surface area contributed by atoms with Crippen LogP contribution in [0.3, 0.4) is 0 Å². The zero-order valence-corrected chi connectivity index (χ0v) is 83.3. The number of anilines is 2.